The first-order valence-corrected chi connectivity index (χ1v) is 6.98. The van der Waals surface area contributed by atoms with Crippen LogP contribution >= 0.6 is 0 Å². The number of ketones is 1. The lowest BCUT2D eigenvalue weighted by molar-refractivity contribution is 0.0222. The molecule has 0 spiro atoms. The molecule has 1 saturated heterocycles. The van der Waals surface area contributed by atoms with Crippen molar-refractivity contribution in [2.75, 3.05) is 6.54 Å². The van der Waals surface area contributed by atoms with E-state index in [0.717, 1.165) is 6.07 Å². The molecular formula is C14H20N2O6. The van der Waals surface area contributed by atoms with Gasteiger partial charge in [-0.15, -0.1) is 4.73 Å². The Hall–Kier alpha value is -2.38. The van der Waals surface area contributed by atoms with Gasteiger partial charge in [-0.2, -0.15) is 0 Å². The van der Waals surface area contributed by atoms with Crippen molar-refractivity contribution in [1.82, 2.24) is 9.63 Å². The number of aromatic hydroxyl groups is 2. The Labute approximate surface area is 127 Å². The SMILES string of the molecule is CC(C)(C)OC(=O)N1CCC[C@H]1C(=O)c1cc(O)n(O)c1O. The smallest absolute Gasteiger partial charge is 0.410 e. The highest BCUT2D eigenvalue weighted by Gasteiger charge is 2.38. The van der Waals surface area contributed by atoms with Crippen molar-refractivity contribution in [1.29, 1.82) is 0 Å². The van der Waals surface area contributed by atoms with Gasteiger partial charge in [-0.3, -0.25) is 9.69 Å². The summed E-state index contributed by atoms with van der Waals surface area (Å²) in [7, 11) is 0. The van der Waals surface area contributed by atoms with Crippen LogP contribution in [0.2, 0.25) is 0 Å². The predicted octanol–water partition coefficient (Wildman–Crippen LogP) is 1.72. The first-order valence-electron chi connectivity index (χ1n) is 6.98. The largest absolute Gasteiger partial charge is 0.492 e. The summed E-state index contributed by atoms with van der Waals surface area (Å²) in [5.41, 5.74) is -0.914. The fourth-order valence-corrected chi connectivity index (χ4v) is 2.42. The van der Waals surface area contributed by atoms with E-state index in [2.05, 4.69) is 0 Å². The van der Waals surface area contributed by atoms with E-state index in [1.807, 2.05) is 0 Å². The summed E-state index contributed by atoms with van der Waals surface area (Å²) in [6.45, 7) is 5.56. The van der Waals surface area contributed by atoms with Crippen LogP contribution in [0.25, 0.3) is 0 Å². The van der Waals surface area contributed by atoms with Crippen molar-refractivity contribution in [3.63, 3.8) is 0 Å². The normalized spacial score (nSPS) is 18.5. The lowest BCUT2D eigenvalue weighted by atomic mass is 10.0. The Morgan fingerprint density at radius 3 is 2.45 bits per heavy atom. The van der Waals surface area contributed by atoms with Crippen molar-refractivity contribution in [2.45, 2.75) is 45.3 Å². The second-order valence-corrected chi connectivity index (χ2v) is 6.25. The van der Waals surface area contributed by atoms with Crippen molar-refractivity contribution < 1.29 is 29.7 Å². The van der Waals surface area contributed by atoms with Crippen LogP contribution < -0.4 is 0 Å². The molecule has 8 heteroatoms. The Morgan fingerprint density at radius 2 is 1.95 bits per heavy atom. The van der Waals surface area contributed by atoms with E-state index in [4.69, 9.17) is 4.74 Å². The molecular weight excluding hydrogens is 292 g/mol. The number of likely N-dealkylation sites (tertiary alicyclic amines) is 1. The quantitative estimate of drug-likeness (QED) is 0.566. The fraction of sp³-hybridized carbons (Fsp3) is 0.571. The average molecular weight is 312 g/mol. The zero-order chi connectivity index (χ0) is 16.7. The van der Waals surface area contributed by atoms with Crippen LogP contribution in [-0.2, 0) is 4.74 Å². The second-order valence-electron chi connectivity index (χ2n) is 6.25. The molecule has 122 valence electrons. The fourth-order valence-electron chi connectivity index (χ4n) is 2.42. The van der Waals surface area contributed by atoms with Crippen LogP contribution in [0.1, 0.15) is 44.0 Å². The molecule has 0 aliphatic carbocycles. The maximum Gasteiger partial charge on any atom is 0.410 e. The molecule has 3 N–H and O–H groups in total. The molecule has 0 aromatic carbocycles. The van der Waals surface area contributed by atoms with Crippen molar-refractivity contribution >= 4 is 11.9 Å². The molecule has 0 bridgehead atoms. The highest BCUT2D eigenvalue weighted by molar-refractivity contribution is 6.04. The average Bonchev–Trinajstić information content (AvgIpc) is 2.97. The molecule has 8 nitrogen and oxygen atoms in total. The maximum atomic E-state index is 12.5. The molecule has 2 rings (SSSR count). The van der Waals surface area contributed by atoms with Gasteiger partial charge in [0.15, 0.2) is 5.78 Å². The highest BCUT2D eigenvalue weighted by Crippen LogP contribution is 2.30. The van der Waals surface area contributed by atoms with Crippen LogP contribution in [0, 0.1) is 0 Å². The highest BCUT2D eigenvalue weighted by atomic mass is 16.6. The van der Waals surface area contributed by atoms with E-state index >= 15 is 0 Å². The van der Waals surface area contributed by atoms with E-state index in [0.29, 0.717) is 19.4 Å². The number of amides is 1. The van der Waals surface area contributed by atoms with Gasteiger partial charge < -0.3 is 20.2 Å². The van der Waals surface area contributed by atoms with Gasteiger partial charge in [0.2, 0.25) is 11.8 Å². The van der Waals surface area contributed by atoms with Crippen LogP contribution in [0.15, 0.2) is 6.07 Å². The van der Waals surface area contributed by atoms with Crippen molar-refractivity contribution in [3.05, 3.63) is 11.6 Å². The Bertz CT molecular complexity index is 601. The number of ether oxygens (including phenoxy) is 1. The number of nitrogens with zero attached hydrogens (tertiary/aromatic N) is 2. The molecule has 0 radical (unpaired) electrons. The topological polar surface area (TPSA) is 112 Å². The van der Waals surface area contributed by atoms with E-state index in [-0.39, 0.29) is 10.3 Å². The molecule has 2 heterocycles. The number of carbonyl (C=O) groups excluding carboxylic acids is 2. The summed E-state index contributed by atoms with van der Waals surface area (Å²) >= 11 is 0. The molecule has 1 aliphatic rings. The van der Waals surface area contributed by atoms with Crippen LogP contribution in [0.4, 0.5) is 4.79 Å². The van der Waals surface area contributed by atoms with Gasteiger partial charge in [-0.05, 0) is 33.6 Å². The first-order chi connectivity index (χ1) is 10.1. The summed E-state index contributed by atoms with van der Waals surface area (Å²) in [5.74, 6) is -1.95. The number of rotatable bonds is 2. The molecule has 1 fully saturated rings. The molecule has 22 heavy (non-hydrogen) atoms. The Balaban J connectivity index is 2.21. The van der Waals surface area contributed by atoms with Gasteiger partial charge in [-0.1, -0.05) is 0 Å². The maximum absolute atomic E-state index is 12.5. The second kappa shape index (κ2) is 5.43. The molecule has 0 unspecified atom stereocenters. The van der Waals surface area contributed by atoms with E-state index < -0.39 is 35.3 Å². The number of Topliss-reactive ketones (excluding diaryl/α,β-unsaturated/α-hetero) is 1. The monoisotopic (exact) mass is 312 g/mol. The van der Waals surface area contributed by atoms with Crippen LogP contribution in [-0.4, -0.2) is 55.1 Å². The summed E-state index contributed by atoms with van der Waals surface area (Å²) in [4.78, 5) is 25.9. The minimum atomic E-state index is -0.789. The Morgan fingerprint density at radius 1 is 1.32 bits per heavy atom. The summed E-state index contributed by atoms with van der Waals surface area (Å²) < 4.78 is 5.38. The third kappa shape index (κ3) is 2.95. The summed E-state index contributed by atoms with van der Waals surface area (Å²) in [6, 6.07) is 0.172. The minimum Gasteiger partial charge on any atom is -0.492 e. The standard InChI is InChI=1S/C14H20N2O6/c1-14(2,3)22-13(20)15-6-4-5-9(15)11(18)8-7-10(17)16(21)12(8)19/h7,9,17,19,21H,4-6H2,1-3H3/t9-/m0/s1. The molecule has 1 atom stereocenters. The molecule has 1 aromatic heterocycles. The lowest BCUT2D eigenvalue weighted by Gasteiger charge is -2.27. The number of hydrogen-bond donors (Lipinski definition) is 3. The number of hydrogen-bond acceptors (Lipinski definition) is 6. The van der Waals surface area contributed by atoms with Gasteiger partial charge in [0.05, 0.1) is 11.6 Å². The third-order valence-corrected chi connectivity index (χ3v) is 3.38. The molecule has 1 aromatic rings. The van der Waals surface area contributed by atoms with Gasteiger partial charge >= 0.3 is 6.09 Å². The minimum absolute atomic E-state index is 0.111. The van der Waals surface area contributed by atoms with E-state index in [1.165, 1.54) is 4.90 Å². The first kappa shape index (κ1) is 16.0. The third-order valence-electron chi connectivity index (χ3n) is 3.38. The van der Waals surface area contributed by atoms with Crippen molar-refractivity contribution in [3.8, 4) is 11.8 Å². The van der Waals surface area contributed by atoms with Gasteiger partial charge in [0, 0.05) is 12.6 Å². The van der Waals surface area contributed by atoms with Crippen LogP contribution in [0.5, 0.6) is 11.8 Å². The Kier molecular flexibility index (Phi) is 3.95. The molecule has 0 saturated carbocycles. The molecule has 1 amide bonds. The summed E-state index contributed by atoms with van der Waals surface area (Å²) in [6.07, 6.45) is 0.451. The number of aromatic nitrogens is 1. The lowest BCUT2D eigenvalue weighted by Crippen LogP contribution is -2.43. The van der Waals surface area contributed by atoms with Gasteiger partial charge in [0.25, 0.3) is 0 Å². The van der Waals surface area contributed by atoms with Crippen LogP contribution in [0.3, 0.4) is 0 Å². The summed E-state index contributed by atoms with van der Waals surface area (Å²) in [5, 5.41) is 28.3. The van der Waals surface area contributed by atoms with Gasteiger partial charge in [0.1, 0.15) is 5.60 Å². The van der Waals surface area contributed by atoms with Gasteiger partial charge in [-0.25, -0.2) is 4.79 Å². The van der Waals surface area contributed by atoms with E-state index in [1.54, 1.807) is 20.8 Å². The predicted molar refractivity (Wildman–Crippen MR) is 75.2 cm³/mol. The zero-order valence-electron chi connectivity index (χ0n) is 12.7. The number of carbonyl (C=O) groups is 2. The van der Waals surface area contributed by atoms with Crippen molar-refractivity contribution in [2.24, 2.45) is 0 Å². The van der Waals surface area contributed by atoms with E-state index in [9.17, 15) is 25.0 Å². The zero-order valence-corrected chi connectivity index (χ0v) is 12.7. The molecule has 1 aliphatic heterocycles.